The van der Waals surface area contributed by atoms with Gasteiger partial charge in [0.05, 0.1) is 18.5 Å². The molecule has 6 heteroatoms. The van der Waals surface area contributed by atoms with Crippen molar-refractivity contribution in [2.45, 2.75) is 27.7 Å². The molecule has 2 aromatic rings. The van der Waals surface area contributed by atoms with Crippen LogP contribution in [0.2, 0.25) is 0 Å². The maximum Gasteiger partial charge on any atom is 0.251 e. The van der Waals surface area contributed by atoms with Crippen molar-refractivity contribution in [1.82, 2.24) is 5.32 Å². The Balaban J connectivity index is 2.14. The number of anilines is 1. The second kappa shape index (κ2) is 7.91. The molecule has 0 heterocycles. The van der Waals surface area contributed by atoms with Gasteiger partial charge < -0.3 is 5.32 Å². The average Bonchev–Trinajstić information content (AvgIpc) is 2.54. The molecule has 0 spiro atoms. The third-order valence-electron chi connectivity index (χ3n) is 4.46. The van der Waals surface area contributed by atoms with E-state index in [4.69, 9.17) is 0 Å². The second-order valence-corrected chi connectivity index (χ2v) is 8.54. The van der Waals surface area contributed by atoms with Gasteiger partial charge in [-0.25, -0.2) is 8.42 Å². The largest absolute Gasteiger partial charge is 0.350 e. The summed E-state index contributed by atoms with van der Waals surface area (Å²) in [7, 11) is -3.46. The molecule has 0 aliphatic heterocycles. The lowest BCUT2D eigenvalue weighted by atomic mass is 10.1. The zero-order valence-electron chi connectivity index (χ0n) is 16.0. The Kier molecular flexibility index (Phi) is 6.08. The normalized spacial score (nSPS) is 11.3. The van der Waals surface area contributed by atoms with E-state index in [1.165, 1.54) is 10.6 Å². The quantitative estimate of drug-likeness (QED) is 0.845. The summed E-state index contributed by atoms with van der Waals surface area (Å²) >= 11 is 0. The van der Waals surface area contributed by atoms with Crippen molar-refractivity contribution in [3.63, 3.8) is 0 Å². The molecule has 1 amide bonds. The van der Waals surface area contributed by atoms with Gasteiger partial charge in [-0.05, 0) is 62.1 Å². The van der Waals surface area contributed by atoms with Gasteiger partial charge in [0.15, 0.2) is 0 Å². The minimum atomic E-state index is -3.46. The number of nitrogens with zero attached hydrogens (tertiary/aromatic N) is 1. The molecule has 0 radical (unpaired) electrons. The molecule has 0 fully saturated rings. The number of amides is 1. The van der Waals surface area contributed by atoms with Crippen LogP contribution in [-0.2, 0) is 10.0 Å². The number of carbonyl (C=O) groups is 1. The zero-order valence-corrected chi connectivity index (χ0v) is 16.8. The monoisotopic (exact) mass is 374 g/mol. The van der Waals surface area contributed by atoms with Crippen LogP contribution in [0.3, 0.4) is 0 Å². The molecule has 0 saturated heterocycles. The highest BCUT2D eigenvalue weighted by Gasteiger charge is 2.21. The van der Waals surface area contributed by atoms with E-state index in [0.717, 1.165) is 22.3 Å². The van der Waals surface area contributed by atoms with E-state index >= 15 is 0 Å². The highest BCUT2D eigenvalue weighted by Crippen LogP contribution is 2.26. The third-order valence-corrected chi connectivity index (χ3v) is 5.62. The Labute approximate surface area is 156 Å². The predicted octanol–water partition coefficient (Wildman–Crippen LogP) is 3.12. The van der Waals surface area contributed by atoms with Crippen molar-refractivity contribution in [3.05, 3.63) is 64.2 Å². The lowest BCUT2D eigenvalue weighted by molar-refractivity contribution is 0.0954. The first-order valence-electron chi connectivity index (χ1n) is 8.50. The van der Waals surface area contributed by atoms with Crippen molar-refractivity contribution in [3.8, 4) is 0 Å². The zero-order chi connectivity index (χ0) is 19.5. The molecule has 0 unspecified atom stereocenters. The summed E-state index contributed by atoms with van der Waals surface area (Å²) in [5.41, 5.74) is 5.19. The van der Waals surface area contributed by atoms with Crippen molar-refractivity contribution in [2.75, 3.05) is 23.7 Å². The minimum Gasteiger partial charge on any atom is -0.350 e. The Morgan fingerprint density at radius 2 is 1.58 bits per heavy atom. The van der Waals surface area contributed by atoms with Crippen molar-refractivity contribution in [2.24, 2.45) is 0 Å². The van der Waals surface area contributed by atoms with Crippen LogP contribution < -0.4 is 9.62 Å². The fourth-order valence-electron chi connectivity index (χ4n) is 2.90. The van der Waals surface area contributed by atoms with Gasteiger partial charge in [-0.15, -0.1) is 0 Å². The lowest BCUT2D eigenvalue weighted by Crippen LogP contribution is -2.38. The molecule has 0 aliphatic carbocycles. The Hall–Kier alpha value is -2.34. The Morgan fingerprint density at radius 3 is 2.12 bits per heavy atom. The van der Waals surface area contributed by atoms with E-state index in [1.54, 1.807) is 6.07 Å². The summed E-state index contributed by atoms with van der Waals surface area (Å²) in [6, 6.07) is 11.2. The molecular weight excluding hydrogens is 348 g/mol. The van der Waals surface area contributed by atoms with Crippen molar-refractivity contribution >= 4 is 21.6 Å². The summed E-state index contributed by atoms with van der Waals surface area (Å²) in [6.45, 7) is 8.13. The molecule has 0 bridgehead atoms. The predicted molar refractivity (Wildman–Crippen MR) is 106 cm³/mol. The molecule has 0 atom stereocenters. The summed E-state index contributed by atoms with van der Waals surface area (Å²) in [5.74, 6) is -0.206. The van der Waals surface area contributed by atoms with Gasteiger partial charge >= 0.3 is 0 Å². The number of carbonyl (C=O) groups excluding carboxylic acids is 1. The number of hydrogen-bond acceptors (Lipinski definition) is 3. The van der Waals surface area contributed by atoms with Gasteiger partial charge in [0, 0.05) is 12.1 Å². The second-order valence-electron chi connectivity index (χ2n) is 6.63. The lowest BCUT2D eigenvalue weighted by Gasteiger charge is -2.26. The molecule has 2 rings (SSSR count). The van der Waals surface area contributed by atoms with Gasteiger partial charge in [0.1, 0.15) is 0 Å². The number of para-hydroxylation sites is 1. The first-order chi connectivity index (χ1) is 12.1. The standard InChI is InChI=1S/C20H26N2O3S/c1-14-9-10-18(13-17(14)4)20(23)21-11-12-22(26(5,24)25)19-15(2)7-6-8-16(19)3/h6-10,13H,11-12H2,1-5H3,(H,21,23). The van der Waals surface area contributed by atoms with Gasteiger partial charge in [0.25, 0.3) is 5.91 Å². The molecule has 2 aromatic carbocycles. The molecule has 1 N–H and O–H groups in total. The topological polar surface area (TPSA) is 66.5 Å². The maximum absolute atomic E-state index is 12.3. The molecule has 140 valence electrons. The SMILES string of the molecule is Cc1ccc(C(=O)NCCN(c2c(C)cccc2C)S(C)(=O)=O)cc1C. The average molecular weight is 375 g/mol. The van der Waals surface area contributed by atoms with E-state index in [2.05, 4.69) is 5.32 Å². The molecular formula is C20H26N2O3S. The van der Waals surface area contributed by atoms with Crippen LogP contribution in [0.1, 0.15) is 32.6 Å². The fraction of sp³-hybridized carbons (Fsp3) is 0.350. The summed E-state index contributed by atoms with van der Waals surface area (Å²) in [5, 5.41) is 2.81. The van der Waals surface area contributed by atoms with Gasteiger partial charge in [-0.1, -0.05) is 24.3 Å². The van der Waals surface area contributed by atoms with E-state index < -0.39 is 10.0 Å². The number of rotatable bonds is 6. The third kappa shape index (κ3) is 4.64. The minimum absolute atomic E-state index is 0.182. The number of aryl methyl sites for hydroxylation is 4. The van der Waals surface area contributed by atoms with Crippen LogP contribution in [-0.4, -0.2) is 33.7 Å². The fourth-order valence-corrected chi connectivity index (χ4v) is 3.94. The summed E-state index contributed by atoms with van der Waals surface area (Å²) < 4.78 is 25.9. The van der Waals surface area contributed by atoms with Gasteiger partial charge in [0.2, 0.25) is 10.0 Å². The number of benzene rings is 2. The Morgan fingerprint density at radius 1 is 0.962 bits per heavy atom. The first-order valence-corrected chi connectivity index (χ1v) is 10.4. The van der Waals surface area contributed by atoms with Crippen molar-refractivity contribution in [1.29, 1.82) is 0 Å². The van der Waals surface area contributed by atoms with Crippen LogP contribution >= 0.6 is 0 Å². The van der Waals surface area contributed by atoms with Gasteiger partial charge in [-0.3, -0.25) is 9.10 Å². The number of nitrogens with one attached hydrogen (secondary N) is 1. The molecule has 0 aromatic heterocycles. The summed E-state index contributed by atoms with van der Waals surface area (Å²) in [4.78, 5) is 12.3. The molecule has 0 saturated carbocycles. The number of sulfonamides is 1. The Bertz CT molecular complexity index is 900. The van der Waals surface area contributed by atoms with E-state index in [1.807, 2.05) is 58.0 Å². The molecule has 26 heavy (non-hydrogen) atoms. The maximum atomic E-state index is 12.3. The van der Waals surface area contributed by atoms with Crippen LogP contribution in [0.5, 0.6) is 0 Å². The van der Waals surface area contributed by atoms with Crippen LogP contribution in [0.25, 0.3) is 0 Å². The number of hydrogen-bond donors (Lipinski definition) is 1. The van der Waals surface area contributed by atoms with E-state index in [9.17, 15) is 13.2 Å². The van der Waals surface area contributed by atoms with E-state index in [-0.39, 0.29) is 19.0 Å². The van der Waals surface area contributed by atoms with Crippen LogP contribution in [0.15, 0.2) is 36.4 Å². The first kappa shape index (κ1) is 20.0. The van der Waals surface area contributed by atoms with E-state index in [0.29, 0.717) is 11.3 Å². The molecule has 5 nitrogen and oxygen atoms in total. The summed E-state index contributed by atoms with van der Waals surface area (Å²) in [6.07, 6.45) is 1.18. The van der Waals surface area contributed by atoms with Crippen LogP contribution in [0.4, 0.5) is 5.69 Å². The smallest absolute Gasteiger partial charge is 0.251 e. The highest BCUT2D eigenvalue weighted by molar-refractivity contribution is 7.92. The molecule has 0 aliphatic rings. The highest BCUT2D eigenvalue weighted by atomic mass is 32.2. The van der Waals surface area contributed by atoms with Crippen molar-refractivity contribution < 1.29 is 13.2 Å². The van der Waals surface area contributed by atoms with Crippen LogP contribution in [0, 0.1) is 27.7 Å². The van der Waals surface area contributed by atoms with Gasteiger partial charge in [-0.2, -0.15) is 0 Å².